The van der Waals surface area contributed by atoms with E-state index in [0.29, 0.717) is 4.96 Å². The number of methoxy groups -OCH3 is 1. The number of fused-ring (bicyclic) bond motifs is 1. The minimum absolute atomic E-state index is 0.0157. The highest BCUT2D eigenvalue weighted by atomic mass is 32.1. The van der Waals surface area contributed by atoms with Crippen molar-refractivity contribution in [3.63, 3.8) is 0 Å². The lowest BCUT2D eigenvalue weighted by molar-refractivity contribution is -0.141. The lowest BCUT2D eigenvalue weighted by Gasteiger charge is -2.16. The van der Waals surface area contributed by atoms with Gasteiger partial charge in [-0.05, 0) is 11.4 Å². The third-order valence-electron chi connectivity index (χ3n) is 3.38. The summed E-state index contributed by atoms with van der Waals surface area (Å²) < 4.78 is 5.99. The Morgan fingerprint density at radius 2 is 2.21 bits per heavy atom. The zero-order valence-corrected chi connectivity index (χ0v) is 14.2. The first-order valence-corrected chi connectivity index (χ1v) is 8.72. The van der Waals surface area contributed by atoms with Gasteiger partial charge in [-0.25, -0.2) is 4.98 Å². The first kappa shape index (κ1) is 16.3. The van der Waals surface area contributed by atoms with Crippen LogP contribution >= 0.6 is 22.7 Å². The molecule has 0 aliphatic heterocycles. The number of nitrogens with zero attached hydrogens (tertiary/aromatic N) is 2. The molecule has 0 bridgehead atoms. The summed E-state index contributed by atoms with van der Waals surface area (Å²) in [6, 6.07) is 3.07. The molecule has 3 heterocycles. The molecule has 1 N–H and O–H groups in total. The SMILES string of the molecule is COC(=O)CC(NC(=O)c1cnc2sccn2c1=O)c1cccs1. The molecule has 0 saturated heterocycles. The third-order valence-corrected chi connectivity index (χ3v) is 5.13. The van der Waals surface area contributed by atoms with Crippen molar-refractivity contribution in [1.29, 1.82) is 0 Å². The number of hydrogen-bond donors (Lipinski definition) is 1. The van der Waals surface area contributed by atoms with Gasteiger partial charge in [-0.2, -0.15) is 0 Å². The van der Waals surface area contributed by atoms with Gasteiger partial charge < -0.3 is 10.1 Å². The van der Waals surface area contributed by atoms with E-state index >= 15 is 0 Å². The van der Waals surface area contributed by atoms with Crippen molar-refractivity contribution in [3.05, 3.63) is 56.1 Å². The number of ether oxygens (including phenoxy) is 1. The number of rotatable bonds is 5. The lowest BCUT2D eigenvalue weighted by atomic mass is 10.1. The number of hydrogen-bond acceptors (Lipinski definition) is 7. The van der Waals surface area contributed by atoms with Gasteiger partial charge in [0.15, 0.2) is 4.96 Å². The van der Waals surface area contributed by atoms with Gasteiger partial charge in [0.05, 0.1) is 19.6 Å². The molecule has 0 aromatic carbocycles. The quantitative estimate of drug-likeness (QED) is 0.699. The number of amides is 1. The van der Waals surface area contributed by atoms with E-state index in [0.717, 1.165) is 4.88 Å². The maximum Gasteiger partial charge on any atom is 0.307 e. The second-order valence-electron chi connectivity index (χ2n) is 4.85. The molecule has 124 valence electrons. The van der Waals surface area contributed by atoms with Crippen LogP contribution in [0.3, 0.4) is 0 Å². The van der Waals surface area contributed by atoms with Crippen LogP contribution in [0.15, 0.2) is 40.1 Å². The second kappa shape index (κ2) is 6.93. The molecule has 0 saturated carbocycles. The van der Waals surface area contributed by atoms with Gasteiger partial charge in [-0.15, -0.1) is 22.7 Å². The molecule has 1 atom stereocenters. The van der Waals surface area contributed by atoms with Crippen molar-refractivity contribution in [1.82, 2.24) is 14.7 Å². The Bertz CT molecular complexity index is 930. The molecule has 1 unspecified atom stereocenters. The Morgan fingerprint density at radius 3 is 2.92 bits per heavy atom. The van der Waals surface area contributed by atoms with E-state index in [4.69, 9.17) is 0 Å². The third kappa shape index (κ3) is 3.22. The second-order valence-corrected chi connectivity index (χ2v) is 6.71. The lowest BCUT2D eigenvalue weighted by Crippen LogP contribution is -2.34. The molecule has 3 aromatic heterocycles. The van der Waals surface area contributed by atoms with Gasteiger partial charge in [0.2, 0.25) is 0 Å². The van der Waals surface area contributed by atoms with Crippen LogP contribution in [0.5, 0.6) is 0 Å². The first-order valence-electron chi connectivity index (χ1n) is 6.96. The molecular weight excluding hydrogens is 350 g/mol. The van der Waals surface area contributed by atoms with Gasteiger partial charge in [-0.3, -0.25) is 18.8 Å². The number of esters is 1. The van der Waals surface area contributed by atoms with E-state index in [2.05, 4.69) is 15.0 Å². The predicted octanol–water partition coefficient (Wildman–Crippen LogP) is 1.85. The summed E-state index contributed by atoms with van der Waals surface area (Å²) >= 11 is 2.71. The summed E-state index contributed by atoms with van der Waals surface area (Å²) in [7, 11) is 1.29. The Hall–Kier alpha value is -2.52. The van der Waals surface area contributed by atoms with Crippen LogP contribution in [-0.4, -0.2) is 28.4 Å². The highest BCUT2D eigenvalue weighted by Crippen LogP contribution is 2.22. The summed E-state index contributed by atoms with van der Waals surface area (Å²) in [4.78, 5) is 41.9. The average Bonchev–Trinajstić information content (AvgIpc) is 3.25. The van der Waals surface area contributed by atoms with Gasteiger partial charge in [0.1, 0.15) is 5.56 Å². The van der Waals surface area contributed by atoms with E-state index in [-0.39, 0.29) is 12.0 Å². The summed E-state index contributed by atoms with van der Waals surface area (Å²) in [6.45, 7) is 0. The normalized spacial score (nSPS) is 12.0. The Labute approximate surface area is 144 Å². The molecule has 3 rings (SSSR count). The van der Waals surface area contributed by atoms with Crippen LogP contribution in [0.2, 0.25) is 0 Å². The fourth-order valence-corrected chi connectivity index (χ4v) is 3.63. The number of thiophene rings is 1. The molecule has 24 heavy (non-hydrogen) atoms. The maximum atomic E-state index is 12.5. The van der Waals surface area contributed by atoms with Gasteiger partial charge in [-0.1, -0.05) is 6.07 Å². The van der Waals surface area contributed by atoms with Crippen molar-refractivity contribution in [2.45, 2.75) is 12.5 Å². The van der Waals surface area contributed by atoms with E-state index in [1.54, 1.807) is 11.6 Å². The monoisotopic (exact) mass is 363 g/mol. The molecule has 7 nitrogen and oxygen atoms in total. The number of carbonyl (C=O) groups is 2. The van der Waals surface area contributed by atoms with Gasteiger partial charge >= 0.3 is 5.97 Å². The summed E-state index contributed by atoms with van der Waals surface area (Å²) in [5.74, 6) is -1.02. The van der Waals surface area contributed by atoms with Crippen molar-refractivity contribution in [2.24, 2.45) is 0 Å². The van der Waals surface area contributed by atoms with Gasteiger partial charge in [0.25, 0.3) is 11.5 Å². The van der Waals surface area contributed by atoms with Crippen molar-refractivity contribution in [3.8, 4) is 0 Å². The smallest absolute Gasteiger partial charge is 0.307 e. The van der Waals surface area contributed by atoms with Crippen LogP contribution in [0.1, 0.15) is 27.7 Å². The summed E-state index contributed by atoms with van der Waals surface area (Å²) in [6.07, 6.45) is 2.81. The Balaban J connectivity index is 1.88. The summed E-state index contributed by atoms with van der Waals surface area (Å²) in [5, 5.41) is 6.29. The molecule has 9 heteroatoms. The minimum Gasteiger partial charge on any atom is -0.469 e. The van der Waals surface area contributed by atoms with Crippen LogP contribution in [-0.2, 0) is 9.53 Å². The van der Waals surface area contributed by atoms with E-state index < -0.39 is 23.5 Å². The number of nitrogens with one attached hydrogen (secondary N) is 1. The molecule has 3 aromatic rings. The minimum atomic E-state index is -0.574. The topological polar surface area (TPSA) is 89.8 Å². The van der Waals surface area contributed by atoms with Crippen LogP contribution in [0.25, 0.3) is 4.96 Å². The highest BCUT2D eigenvalue weighted by Gasteiger charge is 2.22. The molecule has 0 aliphatic carbocycles. The van der Waals surface area contributed by atoms with Gasteiger partial charge in [0, 0.05) is 22.7 Å². The van der Waals surface area contributed by atoms with Crippen LogP contribution in [0.4, 0.5) is 0 Å². The van der Waals surface area contributed by atoms with Crippen molar-refractivity contribution < 1.29 is 14.3 Å². The zero-order chi connectivity index (χ0) is 17.1. The fraction of sp³-hybridized carbons (Fsp3) is 0.200. The average molecular weight is 363 g/mol. The first-order chi connectivity index (χ1) is 11.6. The molecule has 1 amide bonds. The Morgan fingerprint density at radius 1 is 1.38 bits per heavy atom. The van der Waals surface area contributed by atoms with Crippen LogP contribution in [0, 0.1) is 0 Å². The predicted molar refractivity (Wildman–Crippen MR) is 90.5 cm³/mol. The van der Waals surface area contributed by atoms with Crippen LogP contribution < -0.4 is 10.9 Å². The zero-order valence-electron chi connectivity index (χ0n) is 12.6. The number of carbonyl (C=O) groups excluding carboxylic acids is 2. The largest absolute Gasteiger partial charge is 0.469 e. The van der Waals surface area contributed by atoms with E-state index in [9.17, 15) is 14.4 Å². The highest BCUT2D eigenvalue weighted by molar-refractivity contribution is 7.15. The maximum absolute atomic E-state index is 12.5. The van der Waals surface area contributed by atoms with E-state index in [1.807, 2.05) is 17.5 Å². The Kier molecular flexibility index (Phi) is 4.72. The van der Waals surface area contributed by atoms with Crippen molar-refractivity contribution >= 4 is 39.5 Å². The number of aromatic nitrogens is 2. The molecular formula is C15H13N3O4S2. The fourth-order valence-electron chi connectivity index (χ4n) is 2.18. The van der Waals surface area contributed by atoms with Crippen molar-refractivity contribution in [2.75, 3.05) is 7.11 Å². The number of thiazole rings is 1. The molecule has 0 fully saturated rings. The molecule has 0 aliphatic rings. The summed E-state index contributed by atoms with van der Waals surface area (Å²) in [5.41, 5.74) is -0.515. The van der Waals surface area contributed by atoms with E-state index in [1.165, 1.54) is 40.4 Å². The molecule has 0 radical (unpaired) electrons. The standard InChI is InChI=1S/C15H13N3O4S2/c1-22-12(19)7-10(11-3-2-5-23-11)17-13(20)9-8-16-15-18(14(9)21)4-6-24-15/h2-6,8,10H,7H2,1H3,(H,17,20). The molecule has 0 spiro atoms.